The zero-order chi connectivity index (χ0) is 6.41. The van der Waals surface area contributed by atoms with Crippen LogP contribution in [0.3, 0.4) is 0 Å². The van der Waals surface area contributed by atoms with Crippen molar-refractivity contribution in [1.29, 1.82) is 0 Å². The van der Waals surface area contributed by atoms with Crippen LogP contribution in [-0.2, 0) is 0 Å². The highest BCUT2D eigenvalue weighted by Crippen LogP contribution is 1.96. The van der Waals surface area contributed by atoms with Crippen LogP contribution in [0.1, 0.15) is 0 Å². The Balaban J connectivity index is 0. The molecule has 0 aromatic heterocycles. The zero-order valence-corrected chi connectivity index (χ0v) is 6.85. The van der Waals surface area contributed by atoms with Gasteiger partial charge in [-0.05, 0) is 0 Å². The number of hydrogen-bond donors (Lipinski definition) is 2. The maximum Gasteiger partial charge on any atom is 0.278 e. The molecule has 3 nitrogen and oxygen atoms in total. The largest absolute Gasteiger partial charge is 0.350 e. The summed E-state index contributed by atoms with van der Waals surface area (Å²) in [6, 6.07) is 0. The molecule has 0 fully saturated rings. The SMILES string of the molecule is CNC(=O)SCCN.Cl. The lowest BCUT2D eigenvalue weighted by molar-refractivity contribution is 0.262. The second-order valence-electron chi connectivity index (χ2n) is 1.17. The van der Waals surface area contributed by atoms with E-state index in [1.165, 1.54) is 11.8 Å². The smallest absolute Gasteiger partial charge is 0.278 e. The summed E-state index contributed by atoms with van der Waals surface area (Å²) in [5.41, 5.74) is 5.13. The van der Waals surface area contributed by atoms with Crippen molar-refractivity contribution in [2.45, 2.75) is 0 Å². The van der Waals surface area contributed by atoms with Gasteiger partial charge in [-0.3, -0.25) is 4.79 Å². The van der Waals surface area contributed by atoms with Crippen LogP contribution in [0, 0.1) is 0 Å². The van der Waals surface area contributed by atoms with Gasteiger partial charge in [0.05, 0.1) is 0 Å². The van der Waals surface area contributed by atoms with Crippen LogP contribution < -0.4 is 11.1 Å². The van der Waals surface area contributed by atoms with E-state index >= 15 is 0 Å². The van der Waals surface area contributed by atoms with Crippen LogP contribution in [0.2, 0.25) is 0 Å². The molecule has 0 unspecified atom stereocenters. The van der Waals surface area contributed by atoms with Crippen molar-refractivity contribution >= 4 is 29.4 Å². The molecule has 0 aliphatic carbocycles. The number of nitrogens with one attached hydrogen (secondary N) is 1. The Bertz CT molecular complexity index is 81.0. The van der Waals surface area contributed by atoms with Crippen molar-refractivity contribution in [3.05, 3.63) is 0 Å². The third kappa shape index (κ3) is 8.07. The third-order valence-electron chi connectivity index (χ3n) is 0.555. The molecule has 1 amide bonds. The van der Waals surface area contributed by atoms with E-state index in [2.05, 4.69) is 5.32 Å². The van der Waals surface area contributed by atoms with Crippen LogP contribution in [0.5, 0.6) is 0 Å². The number of hydrogen-bond acceptors (Lipinski definition) is 3. The van der Waals surface area contributed by atoms with Crippen LogP contribution in [0.25, 0.3) is 0 Å². The van der Waals surface area contributed by atoms with Crippen LogP contribution >= 0.6 is 24.2 Å². The summed E-state index contributed by atoms with van der Waals surface area (Å²) in [5.74, 6) is 0.694. The quantitative estimate of drug-likeness (QED) is 0.633. The van der Waals surface area contributed by atoms with Gasteiger partial charge in [-0.25, -0.2) is 0 Å². The highest BCUT2D eigenvalue weighted by Gasteiger charge is 1.93. The normalized spacial score (nSPS) is 7.78. The molecule has 0 radical (unpaired) electrons. The number of halogens is 1. The lowest BCUT2D eigenvalue weighted by Gasteiger charge is -1.93. The van der Waals surface area contributed by atoms with E-state index in [1.54, 1.807) is 7.05 Å². The number of amides is 1. The molecule has 5 heteroatoms. The minimum Gasteiger partial charge on any atom is -0.350 e. The lowest BCUT2D eigenvalue weighted by Crippen LogP contribution is -2.14. The van der Waals surface area contributed by atoms with Crippen molar-refractivity contribution in [3.63, 3.8) is 0 Å². The molecule has 56 valence electrons. The van der Waals surface area contributed by atoms with Crippen molar-refractivity contribution in [2.24, 2.45) is 5.73 Å². The number of carbonyl (C=O) groups is 1. The fourth-order valence-corrected chi connectivity index (χ4v) is 0.671. The summed E-state index contributed by atoms with van der Waals surface area (Å²) in [5, 5.41) is 2.45. The first-order valence-corrected chi connectivity index (χ1v) is 3.34. The molecule has 0 saturated carbocycles. The van der Waals surface area contributed by atoms with Crippen molar-refractivity contribution in [2.75, 3.05) is 19.3 Å². The van der Waals surface area contributed by atoms with E-state index < -0.39 is 0 Å². The van der Waals surface area contributed by atoms with E-state index in [4.69, 9.17) is 5.73 Å². The van der Waals surface area contributed by atoms with Crippen LogP contribution in [0.4, 0.5) is 4.79 Å². The first-order valence-electron chi connectivity index (χ1n) is 2.36. The second-order valence-corrected chi connectivity index (χ2v) is 2.24. The van der Waals surface area contributed by atoms with Gasteiger partial charge < -0.3 is 11.1 Å². The molecule has 0 aromatic rings. The van der Waals surface area contributed by atoms with Gasteiger partial charge in [0, 0.05) is 19.3 Å². The summed E-state index contributed by atoms with van der Waals surface area (Å²) < 4.78 is 0. The molecule has 0 bridgehead atoms. The summed E-state index contributed by atoms with van der Waals surface area (Å²) in [7, 11) is 1.60. The molecule has 0 aliphatic heterocycles. The Labute approximate surface area is 65.2 Å². The highest BCUT2D eigenvalue weighted by atomic mass is 35.5. The summed E-state index contributed by atoms with van der Waals surface area (Å²) in [6.45, 7) is 0.554. The number of carbonyl (C=O) groups excluding carboxylic acids is 1. The van der Waals surface area contributed by atoms with Gasteiger partial charge in [0.15, 0.2) is 0 Å². The topological polar surface area (TPSA) is 55.1 Å². The minimum absolute atomic E-state index is 0. The van der Waals surface area contributed by atoms with Gasteiger partial charge in [-0.1, -0.05) is 11.8 Å². The number of nitrogens with two attached hydrogens (primary N) is 1. The molecule has 0 aliphatic rings. The maximum atomic E-state index is 10.4. The Morgan fingerprint density at radius 2 is 2.33 bits per heavy atom. The first kappa shape index (κ1) is 11.8. The molecule has 9 heavy (non-hydrogen) atoms. The second kappa shape index (κ2) is 8.07. The number of thioether (sulfide) groups is 1. The molecule has 0 saturated heterocycles. The number of rotatable bonds is 2. The Morgan fingerprint density at radius 3 is 2.67 bits per heavy atom. The van der Waals surface area contributed by atoms with Gasteiger partial charge in [0.25, 0.3) is 5.24 Å². The summed E-state index contributed by atoms with van der Waals surface area (Å²) in [4.78, 5) is 10.4. The van der Waals surface area contributed by atoms with Gasteiger partial charge in [-0.2, -0.15) is 0 Å². The third-order valence-corrected chi connectivity index (χ3v) is 1.46. The minimum atomic E-state index is -0.0181. The summed E-state index contributed by atoms with van der Waals surface area (Å²) >= 11 is 1.20. The maximum absolute atomic E-state index is 10.4. The van der Waals surface area contributed by atoms with Gasteiger partial charge in [0.1, 0.15) is 0 Å². The standard InChI is InChI=1S/C4H10N2OS.ClH/c1-6-4(7)8-3-2-5;/h2-3,5H2,1H3,(H,6,7);1H. The van der Waals surface area contributed by atoms with Crippen LogP contribution in [0.15, 0.2) is 0 Å². The monoisotopic (exact) mass is 170 g/mol. The average Bonchev–Trinajstić information content (AvgIpc) is 1.83. The van der Waals surface area contributed by atoms with Crippen molar-refractivity contribution in [3.8, 4) is 0 Å². The lowest BCUT2D eigenvalue weighted by atomic mass is 10.8. The molecular weight excluding hydrogens is 160 g/mol. The molecule has 0 spiro atoms. The molecule has 3 N–H and O–H groups in total. The fourth-order valence-electron chi connectivity index (χ4n) is 0.224. The van der Waals surface area contributed by atoms with E-state index in [-0.39, 0.29) is 17.6 Å². The molecule has 0 rings (SSSR count). The molecule has 0 heterocycles. The Morgan fingerprint density at radius 1 is 1.78 bits per heavy atom. The first-order chi connectivity index (χ1) is 3.81. The predicted octanol–water partition coefficient (Wildman–Crippen LogP) is 0.440. The molecular formula is C4H11ClN2OS. The van der Waals surface area contributed by atoms with E-state index in [0.717, 1.165) is 0 Å². The highest BCUT2D eigenvalue weighted by molar-refractivity contribution is 8.13. The van der Waals surface area contributed by atoms with Gasteiger partial charge in [0.2, 0.25) is 0 Å². The molecule has 0 atom stereocenters. The van der Waals surface area contributed by atoms with Crippen LogP contribution in [-0.4, -0.2) is 24.6 Å². The van der Waals surface area contributed by atoms with Gasteiger partial charge in [-0.15, -0.1) is 12.4 Å². The fraction of sp³-hybridized carbons (Fsp3) is 0.750. The molecule has 0 aromatic carbocycles. The average molecular weight is 171 g/mol. The summed E-state index contributed by atoms with van der Waals surface area (Å²) in [6.07, 6.45) is 0. The van der Waals surface area contributed by atoms with Crippen molar-refractivity contribution in [1.82, 2.24) is 5.32 Å². The van der Waals surface area contributed by atoms with E-state index in [0.29, 0.717) is 12.3 Å². The van der Waals surface area contributed by atoms with Gasteiger partial charge >= 0.3 is 0 Å². The van der Waals surface area contributed by atoms with E-state index in [9.17, 15) is 4.79 Å². The zero-order valence-electron chi connectivity index (χ0n) is 5.22. The predicted molar refractivity (Wildman–Crippen MR) is 43.2 cm³/mol. The Hall–Kier alpha value is 0.0700. The van der Waals surface area contributed by atoms with Crippen molar-refractivity contribution < 1.29 is 4.79 Å². The van der Waals surface area contributed by atoms with E-state index in [1.807, 2.05) is 0 Å². The Kier molecular flexibility index (Phi) is 10.6.